The summed E-state index contributed by atoms with van der Waals surface area (Å²) in [6.45, 7) is 1.50. The molecule has 1 aliphatic heterocycles. The summed E-state index contributed by atoms with van der Waals surface area (Å²) in [7, 11) is 1.61. The van der Waals surface area contributed by atoms with Crippen molar-refractivity contribution in [3.05, 3.63) is 28.8 Å². The van der Waals surface area contributed by atoms with E-state index in [0.29, 0.717) is 17.2 Å². The largest absolute Gasteiger partial charge is 0.379 e. The van der Waals surface area contributed by atoms with Gasteiger partial charge in [-0.3, -0.25) is 4.79 Å². The number of rotatable bonds is 3. The minimum Gasteiger partial charge on any atom is -0.379 e. The van der Waals surface area contributed by atoms with Gasteiger partial charge in [-0.2, -0.15) is 0 Å². The van der Waals surface area contributed by atoms with Gasteiger partial charge in [-0.25, -0.2) is 0 Å². The summed E-state index contributed by atoms with van der Waals surface area (Å²) >= 11 is 6.13. The van der Waals surface area contributed by atoms with Crippen molar-refractivity contribution in [3.8, 4) is 0 Å². The Labute approximate surface area is 112 Å². The number of carbonyl (C=O) groups is 1. The second-order valence-corrected chi connectivity index (χ2v) is 4.74. The van der Waals surface area contributed by atoms with E-state index in [1.54, 1.807) is 25.2 Å². The molecule has 0 radical (unpaired) electrons. The molecule has 1 fully saturated rings. The zero-order valence-corrected chi connectivity index (χ0v) is 11.1. The summed E-state index contributed by atoms with van der Waals surface area (Å²) in [5, 5.41) is 6.55. The fourth-order valence-corrected chi connectivity index (χ4v) is 2.17. The first-order valence-corrected chi connectivity index (χ1v) is 6.44. The maximum absolute atomic E-state index is 11.6. The first-order valence-electron chi connectivity index (χ1n) is 6.06. The number of hydrogen-bond acceptors (Lipinski definition) is 3. The van der Waals surface area contributed by atoms with E-state index in [2.05, 4.69) is 10.6 Å². The fourth-order valence-electron chi connectivity index (χ4n) is 2.00. The molecule has 0 aromatic heterocycles. The van der Waals surface area contributed by atoms with Gasteiger partial charge < -0.3 is 15.4 Å². The van der Waals surface area contributed by atoms with E-state index in [1.165, 1.54) is 0 Å². The normalized spacial score (nSPS) is 19.3. The summed E-state index contributed by atoms with van der Waals surface area (Å²) in [4.78, 5) is 11.6. The summed E-state index contributed by atoms with van der Waals surface area (Å²) in [5.41, 5.74) is 1.38. The van der Waals surface area contributed by atoms with E-state index in [9.17, 15) is 4.79 Å². The van der Waals surface area contributed by atoms with Crippen molar-refractivity contribution in [1.29, 1.82) is 0 Å². The predicted molar refractivity (Wildman–Crippen MR) is 72.3 cm³/mol. The zero-order chi connectivity index (χ0) is 13.0. The number of halogens is 1. The number of nitrogens with one attached hydrogen (secondary N) is 2. The molecule has 0 aliphatic carbocycles. The van der Waals surface area contributed by atoms with Crippen molar-refractivity contribution in [3.63, 3.8) is 0 Å². The van der Waals surface area contributed by atoms with Crippen LogP contribution in [-0.2, 0) is 4.74 Å². The highest BCUT2D eigenvalue weighted by Gasteiger charge is 2.15. The van der Waals surface area contributed by atoms with Crippen LogP contribution in [0.25, 0.3) is 0 Å². The molecular weight excluding hydrogens is 252 g/mol. The average molecular weight is 269 g/mol. The Morgan fingerprint density at radius 2 is 2.33 bits per heavy atom. The van der Waals surface area contributed by atoms with Gasteiger partial charge >= 0.3 is 0 Å². The molecule has 0 bridgehead atoms. The standard InChI is InChI=1S/C13H17ClN2O2/c1-15-13(17)9-4-5-11(14)12(7-9)16-10-3-2-6-18-8-10/h4-5,7,10,16H,2-3,6,8H2,1H3,(H,15,17). The molecule has 1 atom stereocenters. The quantitative estimate of drug-likeness (QED) is 0.884. The van der Waals surface area contributed by atoms with Gasteiger partial charge in [0.2, 0.25) is 0 Å². The Hall–Kier alpha value is -1.26. The first kappa shape index (κ1) is 13.2. The molecule has 1 aromatic rings. The van der Waals surface area contributed by atoms with Crippen LogP contribution >= 0.6 is 11.6 Å². The van der Waals surface area contributed by atoms with Crippen LogP contribution in [0.5, 0.6) is 0 Å². The van der Waals surface area contributed by atoms with E-state index in [4.69, 9.17) is 16.3 Å². The van der Waals surface area contributed by atoms with Gasteiger partial charge in [-0.05, 0) is 31.0 Å². The third-order valence-corrected chi connectivity index (χ3v) is 3.31. The fraction of sp³-hybridized carbons (Fsp3) is 0.462. The predicted octanol–water partition coefficient (Wildman–Crippen LogP) is 2.29. The number of anilines is 1. The van der Waals surface area contributed by atoms with Crippen LogP contribution in [0.1, 0.15) is 23.2 Å². The van der Waals surface area contributed by atoms with Gasteiger partial charge in [0, 0.05) is 25.3 Å². The molecule has 18 heavy (non-hydrogen) atoms. The molecule has 4 nitrogen and oxygen atoms in total. The van der Waals surface area contributed by atoms with Crippen molar-refractivity contribution in [2.45, 2.75) is 18.9 Å². The highest BCUT2D eigenvalue weighted by Crippen LogP contribution is 2.25. The lowest BCUT2D eigenvalue weighted by molar-refractivity contribution is 0.0876. The van der Waals surface area contributed by atoms with E-state index in [-0.39, 0.29) is 11.9 Å². The molecule has 1 aliphatic rings. The number of carbonyl (C=O) groups excluding carboxylic acids is 1. The highest BCUT2D eigenvalue weighted by atomic mass is 35.5. The van der Waals surface area contributed by atoms with Crippen LogP contribution in [0, 0.1) is 0 Å². The van der Waals surface area contributed by atoms with E-state index in [0.717, 1.165) is 25.1 Å². The SMILES string of the molecule is CNC(=O)c1ccc(Cl)c(NC2CCCOC2)c1. The average Bonchev–Trinajstić information content (AvgIpc) is 2.41. The minimum absolute atomic E-state index is 0.116. The first-order chi connectivity index (χ1) is 8.70. The number of hydrogen-bond donors (Lipinski definition) is 2. The molecule has 2 rings (SSSR count). The van der Waals surface area contributed by atoms with Crippen LogP contribution in [0.15, 0.2) is 18.2 Å². The molecule has 1 saturated heterocycles. The van der Waals surface area contributed by atoms with Crippen LogP contribution in [0.3, 0.4) is 0 Å². The minimum atomic E-state index is -0.116. The molecule has 98 valence electrons. The molecule has 0 spiro atoms. The Morgan fingerprint density at radius 1 is 1.50 bits per heavy atom. The van der Waals surface area contributed by atoms with Crippen LogP contribution < -0.4 is 10.6 Å². The lowest BCUT2D eigenvalue weighted by Crippen LogP contribution is -2.30. The van der Waals surface area contributed by atoms with Crippen LogP contribution in [-0.4, -0.2) is 32.2 Å². The molecule has 2 N–H and O–H groups in total. The van der Waals surface area contributed by atoms with Crippen molar-refractivity contribution < 1.29 is 9.53 Å². The monoisotopic (exact) mass is 268 g/mol. The molecule has 1 amide bonds. The topological polar surface area (TPSA) is 50.4 Å². The zero-order valence-electron chi connectivity index (χ0n) is 10.3. The van der Waals surface area contributed by atoms with Crippen molar-refractivity contribution >= 4 is 23.2 Å². The summed E-state index contributed by atoms with van der Waals surface area (Å²) in [6.07, 6.45) is 2.10. The summed E-state index contributed by atoms with van der Waals surface area (Å²) in [6, 6.07) is 5.48. The Kier molecular flexibility index (Phi) is 4.44. The van der Waals surface area contributed by atoms with E-state index >= 15 is 0 Å². The Morgan fingerprint density at radius 3 is 3.00 bits per heavy atom. The lowest BCUT2D eigenvalue weighted by Gasteiger charge is -2.24. The van der Waals surface area contributed by atoms with Gasteiger partial charge in [0.25, 0.3) is 5.91 Å². The van der Waals surface area contributed by atoms with Gasteiger partial charge in [-0.15, -0.1) is 0 Å². The number of benzene rings is 1. The Bertz CT molecular complexity index is 431. The third kappa shape index (κ3) is 3.15. The maximum Gasteiger partial charge on any atom is 0.251 e. The third-order valence-electron chi connectivity index (χ3n) is 2.98. The van der Waals surface area contributed by atoms with Crippen LogP contribution in [0.2, 0.25) is 5.02 Å². The lowest BCUT2D eigenvalue weighted by atomic mass is 10.1. The van der Waals surface area contributed by atoms with E-state index in [1.807, 2.05) is 0 Å². The van der Waals surface area contributed by atoms with Crippen molar-refractivity contribution in [2.75, 3.05) is 25.6 Å². The molecular formula is C13H17ClN2O2. The second kappa shape index (κ2) is 6.07. The van der Waals surface area contributed by atoms with Gasteiger partial charge in [0.1, 0.15) is 0 Å². The van der Waals surface area contributed by atoms with Gasteiger partial charge in [-0.1, -0.05) is 11.6 Å². The van der Waals surface area contributed by atoms with E-state index < -0.39 is 0 Å². The summed E-state index contributed by atoms with van der Waals surface area (Å²) < 4.78 is 5.41. The molecule has 1 unspecified atom stereocenters. The maximum atomic E-state index is 11.6. The summed E-state index contributed by atoms with van der Waals surface area (Å²) in [5.74, 6) is -0.116. The number of ether oxygens (including phenoxy) is 1. The molecule has 1 aromatic carbocycles. The molecule has 1 heterocycles. The number of amides is 1. The Balaban J connectivity index is 2.12. The molecule has 5 heteroatoms. The van der Waals surface area contributed by atoms with Crippen molar-refractivity contribution in [2.24, 2.45) is 0 Å². The molecule has 0 saturated carbocycles. The second-order valence-electron chi connectivity index (χ2n) is 4.33. The highest BCUT2D eigenvalue weighted by molar-refractivity contribution is 6.33. The van der Waals surface area contributed by atoms with Crippen molar-refractivity contribution in [1.82, 2.24) is 5.32 Å². The van der Waals surface area contributed by atoms with Gasteiger partial charge in [0.05, 0.1) is 17.3 Å². The van der Waals surface area contributed by atoms with Crippen LogP contribution in [0.4, 0.5) is 5.69 Å². The smallest absolute Gasteiger partial charge is 0.251 e. The van der Waals surface area contributed by atoms with Gasteiger partial charge in [0.15, 0.2) is 0 Å².